The van der Waals surface area contributed by atoms with E-state index in [0.717, 1.165) is 11.3 Å². The van der Waals surface area contributed by atoms with Crippen LogP contribution >= 0.6 is 23.4 Å². The predicted molar refractivity (Wildman–Crippen MR) is 115 cm³/mol. The standard InChI is InChI=1S/C20H18ClFN2O3S2/c1-12(25)13-3-2-4-16(7-13)24-19-11-29(26,27)10-18(19)23-20(24)28-9-14-5-6-15(22)8-17(14)21/h2-8,18-19H,9-11H2,1H3. The Kier molecular flexibility index (Phi) is 5.44. The SMILES string of the molecule is CC(=O)c1cccc(N2C(SCc3ccc(F)cc3Cl)=NC3CS(=O)(=O)CC32)c1. The maximum absolute atomic E-state index is 13.3. The van der Waals surface area contributed by atoms with E-state index in [-0.39, 0.29) is 29.4 Å². The number of nitrogens with zero attached hydrogens (tertiary/aromatic N) is 2. The average molecular weight is 453 g/mol. The summed E-state index contributed by atoms with van der Waals surface area (Å²) in [6, 6.07) is 10.7. The third-order valence-electron chi connectivity index (χ3n) is 5.01. The third-order valence-corrected chi connectivity index (χ3v) is 8.08. The lowest BCUT2D eigenvalue weighted by atomic mass is 10.1. The summed E-state index contributed by atoms with van der Waals surface area (Å²) in [7, 11) is -3.16. The first kappa shape index (κ1) is 20.4. The Bertz CT molecular complexity index is 1120. The van der Waals surface area contributed by atoms with Crippen LogP contribution < -0.4 is 4.90 Å². The maximum Gasteiger partial charge on any atom is 0.164 e. The van der Waals surface area contributed by atoms with Crippen molar-refractivity contribution < 1.29 is 17.6 Å². The molecule has 5 nitrogen and oxygen atoms in total. The van der Waals surface area contributed by atoms with E-state index in [0.29, 0.717) is 21.5 Å². The Hall–Kier alpha value is -1.90. The summed E-state index contributed by atoms with van der Waals surface area (Å²) < 4.78 is 37.6. The second-order valence-corrected chi connectivity index (χ2v) is 10.6. The van der Waals surface area contributed by atoms with Crippen LogP contribution in [0, 0.1) is 5.82 Å². The summed E-state index contributed by atoms with van der Waals surface area (Å²) in [4.78, 5) is 18.4. The molecule has 0 radical (unpaired) electrons. The van der Waals surface area contributed by atoms with Gasteiger partial charge in [0, 0.05) is 22.0 Å². The molecule has 29 heavy (non-hydrogen) atoms. The lowest BCUT2D eigenvalue weighted by molar-refractivity contribution is 0.101. The second-order valence-electron chi connectivity index (χ2n) is 7.12. The molecular weight excluding hydrogens is 435 g/mol. The topological polar surface area (TPSA) is 66.8 Å². The number of carbonyl (C=O) groups is 1. The number of rotatable bonds is 4. The van der Waals surface area contributed by atoms with Crippen LogP contribution in [0.2, 0.25) is 5.02 Å². The highest BCUT2D eigenvalue weighted by atomic mass is 35.5. The summed E-state index contributed by atoms with van der Waals surface area (Å²) in [6.07, 6.45) is 0. The molecule has 2 aliphatic heterocycles. The predicted octanol–water partition coefficient (Wildman–Crippen LogP) is 3.96. The largest absolute Gasteiger partial charge is 0.315 e. The van der Waals surface area contributed by atoms with Gasteiger partial charge in [-0.05, 0) is 36.8 Å². The van der Waals surface area contributed by atoms with Crippen LogP contribution in [-0.2, 0) is 15.6 Å². The number of ketones is 1. The highest BCUT2D eigenvalue weighted by Crippen LogP contribution is 2.36. The molecule has 2 heterocycles. The molecule has 0 N–H and O–H groups in total. The van der Waals surface area contributed by atoms with Crippen molar-refractivity contribution in [1.29, 1.82) is 0 Å². The van der Waals surface area contributed by atoms with Crippen molar-refractivity contribution in [2.45, 2.75) is 24.8 Å². The number of hydrogen-bond acceptors (Lipinski definition) is 6. The summed E-state index contributed by atoms with van der Waals surface area (Å²) in [6.45, 7) is 1.49. The van der Waals surface area contributed by atoms with E-state index in [1.807, 2.05) is 11.0 Å². The molecule has 0 spiro atoms. The van der Waals surface area contributed by atoms with E-state index < -0.39 is 15.7 Å². The molecule has 2 atom stereocenters. The number of thioether (sulfide) groups is 1. The lowest BCUT2D eigenvalue weighted by Gasteiger charge is -2.27. The molecule has 2 aliphatic rings. The molecular formula is C20H18ClFN2O3S2. The summed E-state index contributed by atoms with van der Waals surface area (Å²) in [5.41, 5.74) is 2.05. The fourth-order valence-electron chi connectivity index (χ4n) is 3.59. The van der Waals surface area contributed by atoms with Crippen LogP contribution in [0.15, 0.2) is 47.5 Å². The zero-order valence-corrected chi connectivity index (χ0v) is 17.9. The second kappa shape index (κ2) is 7.74. The van der Waals surface area contributed by atoms with Crippen LogP contribution in [0.3, 0.4) is 0 Å². The number of fused-ring (bicyclic) bond motifs is 1. The molecule has 2 aromatic rings. The Morgan fingerprint density at radius 3 is 2.79 bits per heavy atom. The number of anilines is 1. The maximum atomic E-state index is 13.3. The van der Waals surface area contributed by atoms with Gasteiger partial charge in [0.15, 0.2) is 20.8 Å². The number of sulfone groups is 1. The molecule has 0 amide bonds. The Labute approximate surface area is 177 Å². The van der Waals surface area contributed by atoms with Gasteiger partial charge >= 0.3 is 0 Å². The van der Waals surface area contributed by atoms with Gasteiger partial charge in [0.1, 0.15) is 5.82 Å². The number of halogens is 2. The first-order chi connectivity index (χ1) is 13.7. The highest BCUT2D eigenvalue weighted by Gasteiger charge is 2.47. The normalized spacial score (nSPS) is 22.4. The minimum atomic E-state index is -3.16. The van der Waals surface area contributed by atoms with E-state index in [4.69, 9.17) is 11.6 Å². The minimum Gasteiger partial charge on any atom is -0.315 e. The van der Waals surface area contributed by atoms with Gasteiger partial charge in [-0.3, -0.25) is 9.79 Å². The molecule has 152 valence electrons. The molecule has 0 saturated carbocycles. The van der Waals surface area contributed by atoms with Crippen LogP contribution in [-0.4, -0.2) is 43.0 Å². The lowest BCUT2D eigenvalue weighted by Crippen LogP contribution is -2.39. The van der Waals surface area contributed by atoms with Gasteiger partial charge in [-0.1, -0.05) is 41.6 Å². The number of hydrogen-bond donors (Lipinski definition) is 0. The van der Waals surface area contributed by atoms with Crippen LogP contribution in [0.4, 0.5) is 10.1 Å². The minimum absolute atomic E-state index is 0.0158. The van der Waals surface area contributed by atoms with Crippen molar-refractivity contribution in [2.24, 2.45) is 4.99 Å². The molecule has 0 aliphatic carbocycles. The van der Waals surface area contributed by atoms with Gasteiger partial charge < -0.3 is 4.90 Å². The van der Waals surface area contributed by atoms with Crippen molar-refractivity contribution >= 4 is 49.8 Å². The molecule has 2 aromatic carbocycles. The van der Waals surface area contributed by atoms with Crippen molar-refractivity contribution in [3.8, 4) is 0 Å². The Morgan fingerprint density at radius 1 is 1.28 bits per heavy atom. The van der Waals surface area contributed by atoms with Crippen molar-refractivity contribution in [2.75, 3.05) is 16.4 Å². The fraction of sp³-hybridized carbons (Fsp3) is 0.300. The van der Waals surface area contributed by atoms with Gasteiger partial charge in [-0.25, -0.2) is 12.8 Å². The molecule has 1 saturated heterocycles. The van der Waals surface area contributed by atoms with Crippen LogP contribution in [0.1, 0.15) is 22.8 Å². The number of carbonyl (C=O) groups excluding carboxylic acids is 1. The number of Topliss-reactive ketones (excluding diaryl/α,β-unsaturated/α-hetero) is 1. The third kappa shape index (κ3) is 4.20. The zero-order valence-electron chi connectivity index (χ0n) is 15.5. The molecule has 9 heteroatoms. The number of amidine groups is 1. The van der Waals surface area contributed by atoms with Gasteiger partial charge in [-0.2, -0.15) is 0 Å². The molecule has 0 bridgehead atoms. The van der Waals surface area contributed by atoms with Crippen LogP contribution in [0.5, 0.6) is 0 Å². The quantitative estimate of drug-likeness (QED) is 0.657. The summed E-state index contributed by atoms with van der Waals surface area (Å²) >= 11 is 7.55. The molecule has 4 rings (SSSR count). The van der Waals surface area contributed by atoms with E-state index >= 15 is 0 Å². The first-order valence-electron chi connectivity index (χ1n) is 8.99. The monoisotopic (exact) mass is 452 g/mol. The fourth-order valence-corrected chi connectivity index (χ4v) is 6.87. The molecule has 1 fully saturated rings. The van der Waals surface area contributed by atoms with E-state index in [9.17, 15) is 17.6 Å². The smallest absolute Gasteiger partial charge is 0.164 e. The number of aliphatic imine (C=N–C) groups is 1. The summed E-state index contributed by atoms with van der Waals surface area (Å²) in [5, 5.41) is 1.01. The van der Waals surface area contributed by atoms with Crippen molar-refractivity contribution in [3.05, 3.63) is 64.4 Å². The van der Waals surface area contributed by atoms with Gasteiger partial charge in [0.25, 0.3) is 0 Å². The molecule has 0 aromatic heterocycles. The van der Waals surface area contributed by atoms with Crippen molar-refractivity contribution in [3.63, 3.8) is 0 Å². The van der Waals surface area contributed by atoms with Gasteiger partial charge in [0.2, 0.25) is 0 Å². The Morgan fingerprint density at radius 2 is 2.07 bits per heavy atom. The van der Waals surface area contributed by atoms with Crippen LogP contribution in [0.25, 0.3) is 0 Å². The average Bonchev–Trinajstić information content (AvgIpc) is 3.12. The van der Waals surface area contributed by atoms with Gasteiger partial charge in [-0.15, -0.1) is 0 Å². The highest BCUT2D eigenvalue weighted by molar-refractivity contribution is 8.13. The number of benzene rings is 2. The van der Waals surface area contributed by atoms with Crippen molar-refractivity contribution in [1.82, 2.24) is 0 Å². The molecule has 2 unspecified atom stereocenters. The van der Waals surface area contributed by atoms with E-state index in [1.165, 1.54) is 30.8 Å². The van der Waals surface area contributed by atoms with Gasteiger partial charge in [0.05, 0.1) is 23.6 Å². The van der Waals surface area contributed by atoms with E-state index in [1.54, 1.807) is 24.3 Å². The Balaban J connectivity index is 1.65. The van der Waals surface area contributed by atoms with E-state index in [2.05, 4.69) is 4.99 Å². The zero-order chi connectivity index (χ0) is 20.8. The summed E-state index contributed by atoms with van der Waals surface area (Å²) in [5.74, 6) is 0.0390. The first-order valence-corrected chi connectivity index (χ1v) is 12.2.